The van der Waals surface area contributed by atoms with Gasteiger partial charge in [0.2, 0.25) is 5.78 Å². The number of hydrogen-bond donors (Lipinski definition) is 0. The summed E-state index contributed by atoms with van der Waals surface area (Å²) in [6, 6.07) is 1.38. The molecule has 0 aliphatic rings. The van der Waals surface area contributed by atoms with Crippen molar-refractivity contribution in [2.75, 3.05) is 0 Å². The molecule has 0 atom stereocenters. The SMILES string of the molecule is C=CC(=O)c1cc(C(C)C)n(CC(F)(F)F)n1. The fourth-order valence-corrected chi connectivity index (χ4v) is 1.42. The van der Waals surface area contributed by atoms with E-state index in [0.717, 1.165) is 10.8 Å². The van der Waals surface area contributed by atoms with Gasteiger partial charge >= 0.3 is 6.18 Å². The minimum atomic E-state index is -4.36. The Morgan fingerprint density at radius 1 is 1.59 bits per heavy atom. The molecule has 3 nitrogen and oxygen atoms in total. The Balaban J connectivity index is 3.14. The second kappa shape index (κ2) is 4.73. The van der Waals surface area contributed by atoms with Gasteiger partial charge in [-0.25, -0.2) is 0 Å². The molecule has 1 aromatic heterocycles. The molecule has 0 saturated heterocycles. The summed E-state index contributed by atoms with van der Waals surface area (Å²) in [4.78, 5) is 11.3. The zero-order chi connectivity index (χ0) is 13.2. The van der Waals surface area contributed by atoms with E-state index in [4.69, 9.17) is 0 Å². The molecule has 0 N–H and O–H groups in total. The molecular weight excluding hydrogens is 233 g/mol. The van der Waals surface area contributed by atoms with Crippen molar-refractivity contribution in [3.05, 3.63) is 30.1 Å². The van der Waals surface area contributed by atoms with Crippen LogP contribution in [0.25, 0.3) is 0 Å². The minimum Gasteiger partial charge on any atom is -0.287 e. The van der Waals surface area contributed by atoms with Gasteiger partial charge in [-0.2, -0.15) is 18.3 Å². The molecule has 0 spiro atoms. The first-order chi connectivity index (χ1) is 7.74. The van der Waals surface area contributed by atoms with E-state index in [1.54, 1.807) is 13.8 Å². The van der Waals surface area contributed by atoms with Crippen molar-refractivity contribution in [2.24, 2.45) is 0 Å². The number of alkyl halides is 3. The minimum absolute atomic E-state index is 0.00653. The normalized spacial score (nSPS) is 11.9. The van der Waals surface area contributed by atoms with Gasteiger partial charge in [0, 0.05) is 5.69 Å². The zero-order valence-corrected chi connectivity index (χ0v) is 9.58. The van der Waals surface area contributed by atoms with E-state index >= 15 is 0 Å². The molecule has 6 heteroatoms. The predicted molar refractivity (Wildman–Crippen MR) is 56.9 cm³/mol. The van der Waals surface area contributed by atoms with E-state index in [9.17, 15) is 18.0 Å². The number of carbonyl (C=O) groups excluding carboxylic acids is 1. The summed E-state index contributed by atoms with van der Waals surface area (Å²) in [5, 5.41) is 3.66. The van der Waals surface area contributed by atoms with Crippen molar-refractivity contribution < 1.29 is 18.0 Å². The maximum Gasteiger partial charge on any atom is 0.408 e. The van der Waals surface area contributed by atoms with Crippen molar-refractivity contribution in [3.8, 4) is 0 Å². The summed E-state index contributed by atoms with van der Waals surface area (Å²) in [5.41, 5.74) is 0.375. The van der Waals surface area contributed by atoms with Crippen LogP contribution in [0, 0.1) is 0 Å². The van der Waals surface area contributed by atoms with Gasteiger partial charge < -0.3 is 0 Å². The summed E-state index contributed by atoms with van der Waals surface area (Å²) in [7, 11) is 0. The van der Waals surface area contributed by atoms with Crippen molar-refractivity contribution in [1.29, 1.82) is 0 Å². The maximum atomic E-state index is 12.3. The highest BCUT2D eigenvalue weighted by Gasteiger charge is 2.30. The van der Waals surface area contributed by atoms with Gasteiger partial charge in [-0.05, 0) is 18.1 Å². The first-order valence-electron chi connectivity index (χ1n) is 5.06. The molecule has 0 aliphatic heterocycles. The molecule has 0 fully saturated rings. The number of nitrogens with zero attached hydrogens (tertiary/aromatic N) is 2. The van der Waals surface area contributed by atoms with Gasteiger partial charge in [-0.3, -0.25) is 9.48 Å². The first-order valence-corrected chi connectivity index (χ1v) is 5.06. The number of aromatic nitrogens is 2. The monoisotopic (exact) mass is 246 g/mol. The third-order valence-corrected chi connectivity index (χ3v) is 2.17. The molecule has 1 rings (SSSR count). The number of rotatable bonds is 4. The Morgan fingerprint density at radius 3 is 2.59 bits per heavy atom. The Hall–Kier alpha value is -1.59. The molecule has 0 radical (unpaired) electrons. The standard InChI is InChI=1S/C11H13F3N2O/c1-4-10(17)8-5-9(7(2)3)16(15-8)6-11(12,13)14/h4-5,7H,1,6H2,2-3H3. The lowest BCUT2D eigenvalue weighted by Crippen LogP contribution is -2.21. The van der Waals surface area contributed by atoms with E-state index in [0.29, 0.717) is 5.69 Å². The third-order valence-electron chi connectivity index (χ3n) is 2.17. The highest BCUT2D eigenvalue weighted by atomic mass is 19.4. The van der Waals surface area contributed by atoms with Crippen molar-refractivity contribution in [2.45, 2.75) is 32.5 Å². The number of carbonyl (C=O) groups is 1. The molecule has 94 valence electrons. The fraction of sp³-hybridized carbons (Fsp3) is 0.455. The molecule has 1 aromatic rings. The fourth-order valence-electron chi connectivity index (χ4n) is 1.42. The number of halogens is 3. The Kier molecular flexibility index (Phi) is 3.75. The Morgan fingerprint density at radius 2 is 2.18 bits per heavy atom. The van der Waals surface area contributed by atoms with Gasteiger partial charge in [-0.15, -0.1) is 0 Å². The predicted octanol–water partition coefficient (Wildman–Crippen LogP) is 2.94. The quantitative estimate of drug-likeness (QED) is 0.604. The average Bonchev–Trinajstić information content (AvgIpc) is 2.57. The Bertz CT molecular complexity index is 432. The second-order valence-corrected chi connectivity index (χ2v) is 3.95. The molecule has 0 aliphatic carbocycles. The number of hydrogen-bond acceptors (Lipinski definition) is 2. The van der Waals surface area contributed by atoms with Crippen LogP contribution in [0.2, 0.25) is 0 Å². The van der Waals surface area contributed by atoms with Crippen molar-refractivity contribution >= 4 is 5.78 Å². The highest BCUT2D eigenvalue weighted by molar-refractivity contribution is 6.02. The average molecular weight is 246 g/mol. The van der Waals surface area contributed by atoms with Gasteiger partial charge in [0.05, 0.1) is 0 Å². The number of ketones is 1. The zero-order valence-electron chi connectivity index (χ0n) is 9.58. The lowest BCUT2D eigenvalue weighted by Gasteiger charge is -2.11. The Labute approximate surface area is 96.9 Å². The summed E-state index contributed by atoms with van der Waals surface area (Å²) in [6.45, 7) is 5.57. The van der Waals surface area contributed by atoms with Crippen molar-refractivity contribution in [3.63, 3.8) is 0 Å². The van der Waals surface area contributed by atoms with Crippen LogP contribution in [0.15, 0.2) is 18.7 Å². The van der Waals surface area contributed by atoms with Crippen LogP contribution >= 0.6 is 0 Å². The molecule has 0 unspecified atom stereocenters. The summed E-state index contributed by atoms with van der Waals surface area (Å²) >= 11 is 0. The van der Waals surface area contributed by atoms with Crippen LogP contribution in [-0.4, -0.2) is 21.7 Å². The van der Waals surface area contributed by atoms with Crippen LogP contribution in [0.5, 0.6) is 0 Å². The summed E-state index contributed by atoms with van der Waals surface area (Å²) in [6.07, 6.45) is -3.32. The first kappa shape index (κ1) is 13.5. The largest absolute Gasteiger partial charge is 0.408 e. The molecule has 1 heterocycles. The van der Waals surface area contributed by atoms with E-state index in [-0.39, 0.29) is 11.6 Å². The molecule has 0 aromatic carbocycles. The lowest BCUT2D eigenvalue weighted by molar-refractivity contribution is -0.143. The third kappa shape index (κ3) is 3.44. The van der Waals surface area contributed by atoms with Crippen LogP contribution < -0.4 is 0 Å². The van der Waals surface area contributed by atoms with Gasteiger partial charge in [-0.1, -0.05) is 20.4 Å². The molecule has 0 amide bonds. The van der Waals surface area contributed by atoms with Crippen LogP contribution in [0.3, 0.4) is 0 Å². The van der Waals surface area contributed by atoms with Gasteiger partial charge in [0.25, 0.3) is 0 Å². The van der Waals surface area contributed by atoms with Crippen LogP contribution in [0.1, 0.15) is 35.9 Å². The highest BCUT2D eigenvalue weighted by Crippen LogP contribution is 2.22. The van der Waals surface area contributed by atoms with Crippen LogP contribution in [0.4, 0.5) is 13.2 Å². The maximum absolute atomic E-state index is 12.3. The molecule has 17 heavy (non-hydrogen) atoms. The molecular formula is C11H13F3N2O. The molecule has 0 saturated carbocycles. The second-order valence-electron chi connectivity index (χ2n) is 3.95. The van der Waals surface area contributed by atoms with E-state index in [2.05, 4.69) is 11.7 Å². The summed E-state index contributed by atoms with van der Waals surface area (Å²) < 4.78 is 37.8. The smallest absolute Gasteiger partial charge is 0.287 e. The topological polar surface area (TPSA) is 34.9 Å². The lowest BCUT2D eigenvalue weighted by atomic mass is 10.1. The number of allylic oxidation sites excluding steroid dienone is 1. The van der Waals surface area contributed by atoms with E-state index in [1.165, 1.54) is 6.07 Å². The summed E-state index contributed by atoms with van der Waals surface area (Å²) in [5.74, 6) is -0.621. The van der Waals surface area contributed by atoms with E-state index in [1.807, 2.05) is 0 Å². The molecule has 0 bridgehead atoms. The van der Waals surface area contributed by atoms with E-state index < -0.39 is 18.5 Å². The van der Waals surface area contributed by atoms with Crippen molar-refractivity contribution in [1.82, 2.24) is 9.78 Å². The van der Waals surface area contributed by atoms with Gasteiger partial charge in [0.1, 0.15) is 12.2 Å². The van der Waals surface area contributed by atoms with Crippen LogP contribution in [-0.2, 0) is 6.54 Å². The van der Waals surface area contributed by atoms with Gasteiger partial charge in [0.15, 0.2) is 0 Å².